The Morgan fingerprint density at radius 2 is 2.25 bits per heavy atom. The molecule has 0 saturated carbocycles. The van der Waals surface area contributed by atoms with Crippen molar-refractivity contribution in [2.45, 2.75) is 26.0 Å². The van der Waals surface area contributed by atoms with E-state index in [4.69, 9.17) is 10.5 Å². The average molecular weight is 229 g/mol. The number of nitrogens with two attached hydrogens (primary N) is 1. The number of hydrogen-bond donors (Lipinski definition) is 2. The highest BCUT2D eigenvalue weighted by Gasteiger charge is 2.29. The molecular weight excluding hydrogens is 210 g/mol. The van der Waals surface area contributed by atoms with Gasteiger partial charge in [0.1, 0.15) is 6.10 Å². The summed E-state index contributed by atoms with van der Waals surface area (Å²) in [5, 5.41) is 3.07. The van der Waals surface area contributed by atoms with Crippen LogP contribution in [0.5, 0.6) is 0 Å². The first-order valence-electron chi connectivity index (χ1n) is 5.43. The number of hydrogen-bond acceptors (Lipinski definition) is 4. The van der Waals surface area contributed by atoms with Crippen molar-refractivity contribution in [1.82, 2.24) is 10.2 Å². The van der Waals surface area contributed by atoms with Crippen LogP contribution in [-0.4, -0.2) is 55.1 Å². The number of nitrogens with zero attached hydrogens (tertiary/aromatic N) is 1. The Labute approximate surface area is 95.1 Å². The van der Waals surface area contributed by atoms with Gasteiger partial charge in [0.25, 0.3) is 5.91 Å². The lowest BCUT2D eigenvalue weighted by Crippen LogP contribution is -2.53. The number of carbonyl (C=O) groups excluding carboxylic acids is 2. The number of primary amides is 1. The normalized spacial score (nSPS) is 20.8. The number of nitrogens with one attached hydrogen (secondary N) is 1. The Balaban J connectivity index is 2.61. The van der Waals surface area contributed by atoms with Gasteiger partial charge in [0.15, 0.2) is 0 Å². The lowest BCUT2D eigenvalue weighted by molar-refractivity contribution is -0.149. The second kappa shape index (κ2) is 5.81. The lowest BCUT2D eigenvalue weighted by atomic mass is 10.2. The predicted molar refractivity (Wildman–Crippen MR) is 58.7 cm³/mol. The minimum absolute atomic E-state index is 0.0592. The topological polar surface area (TPSA) is 84.7 Å². The van der Waals surface area contributed by atoms with Gasteiger partial charge in [-0.3, -0.25) is 9.59 Å². The zero-order valence-corrected chi connectivity index (χ0v) is 9.73. The SMILES string of the molecule is CC(C)N(CC(N)=O)C(=O)C1CNCCO1. The van der Waals surface area contributed by atoms with E-state index < -0.39 is 12.0 Å². The summed E-state index contributed by atoms with van der Waals surface area (Å²) in [6.45, 7) is 5.38. The Morgan fingerprint density at radius 3 is 2.69 bits per heavy atom. The molecule has 1 saturated heterocycles. The van der Waals surface area contributed by atoms with E-state index >= 15 is 0 Å². The molecule has 0 bridgehead atoms. The smallest absolute Gasteiger partial charge is 0.253 e. The van der Waals surface area contributed by atoms with E-state index in [1.54, 1.807) is 0 Å². The third-order valence-electron chi connectivity index (χ3n) is 2.44. The first-order chi connectivity index (χ1) is 7.52. The summed E-state index contributed by atoms with van der Waals surface area (Å²) in [5.74, 6) is -0.688. The van der Waals surface area contributed by atoms with Crippen LogP contribution in [0.2, 0.25) is 0 Å². The molecule has 6 heteroatoms. The second-order valence-corrected chi connectivity index (χ2v) is 4.09. The molecule has 92 valence electrons. The lowest BCUT2D eigenvalue weighted by Gasteiger charge is -2.31. The molecule has 16 heavy (non-hydrogen) atoms. The van der Waals surface area contributed by atoms with Gasteiger partial charge in [-0.2, -0.15) is 0 Å². The van der Waals surface area contributed by atoms with Gasteiger partial charge in [0, 0.05) is 19.1 Å². The van der Waals surface area contributed by atoms with Crippen molar-refractivity contribution in [2.24, 2.45) is 5.73 Å². The third-order valence-corrected chi connectivity index (χ3v) is 2.44. The van der Waals surface area contributed by atoms with Gasteiger partial charge in [-0.25, -0.2) is 0 Å². The van der Waals surface area contributed by atoms with E-state index in [1.165, 1.54) is 4.90 Å². The third kappa shape index (κ3) is 3.46. The van der Waals surface area contributed by atoms with Gasteiger partial charge in [-0.15, -0.1) is 0 Å². The van der Waals surface area contributed by atoms with Gasteiger partial charge in [0.05, 0.1) is 13.2 Å². The summed E-state index contributed by atoms with van der Waals surface area (Å²) >= 11 is 0. The standard InChI is InChI=1S/C10H19N3O3/c1-7(2)13(6-9(11)14)10(15)8-5-12-3-4-16-8/h7-8,12H,3-6H2,1-2H3,(H2,11,14). The van der Waals surface area contributed by atoms with Gasteiger partial charge in [-0.05, 0) is 13.8 Å². The fourth-order valence-electron chi connectivity index (χ4n) is 1.59. The molecule has 2 amide bonds. The maximum atomic E-state index is 12.0. The molecule has 0 aromatic carbocycles. The Morgan fingerprint density at radius 1 is 1.56 bits per heavy atom. The zero-order chi connectivity index (χ0) is 12.1. The molecule has 0 radical (unpaired) electrons. The summed E-state index contributed by atoms with van der Waals surface area (Å²) in [7, 11) is 0. The Kier molecular flexibility index (Phi) is 4.70. The van der Waals surface area contributed by atoms with Crippen LogP contribution >= 0.6 is 0 Å². The Hall–Kier alpha value is -1.14. The van der Waals surface area contributed by atoms with Gasteiger partial charge in [-0.1, -0.05) is 0 Å². The van der Waals surface area contributed by atoms with Crippen molar-refractivity contribution in [3.8, 4) is 0 Å². The van der Waals surface area contributed by atoms with E-state index in [0.717, 1.165) is 6.54 Å². The average Bonchev–Trinajstić information content (AvgIpc) is 2.25. The molecule has 0 spiro atoms. The number of ether oxygens (including phenoxy) is 1. The molecule has 1 aliphatic heterocycles. The minimum Gasteiger partial charge on any atom is -0.368 e. The maximum absolute atomic E-state index is 12.0. The van der Waals surface area contributed by atoms with Crippen LogP contribution < -0.4 is 11.1 Å². The van der Waals surface area contributed by atoms with Crippen molar-refractivity contribution in [1.29, 1.82) is 0 Å². The highest BCUT2D eigenvalue weighted by atomic mass is 16.5. The van der Waals surface area contributed by atoms with Crippen molar-refractivity contribution in [3.05, 3.63) is 0 Å². The molecular formula is C10H19N3O3. The van der Waals surface area contributed by atoms with Crippen LogP contribution in [0.3, 0.4) is 0 Å². The van der Waals surface area contributed by atoms with Crippen LogP contribution in [0, 0.1) is 0 Å². The predicted octanol–water partition coefficient (Wildman–Crippen LogP) is -1.30. The Bertz CT molecular complexity index is 262. The second-order valence-electron chi connectivity index (χ2n) is 4.09. The molecule has 1 unspecified atom stereocenters. The van der Waals surface area contributed by atoms with Crippen LogP contribution in [0.15, 0.2) is 0 Å². The molecule has 1 rings (SSSR count). The van der Waals surface area contributed by atoms with Crippen LogP contribution in [0.1, 0.15) is 13.8 Å². The van der Waals surface area contributed by atoms with E-state index in [0.29, 0.717) is 13.2 Å². The number of carbonyl (C=O) groups is 2. The molecule has 3 N–H and O–H groups in total. The molecule has 6 nitrogen and oxygen atoms in total. The quantitative estimate of drug-likeness (QED) is 0.627. The van der Waals surface area contributed by atoms with Crippen molar-refractivity contribution in [2.75, 3.05) is 26.2 Å². The first-order valence-corrected chi connectivity index (χ1v) is 5.43. The molecule has 1 heterocycles. The molecule has 0 aromatic heterocycles. The van der Waals surface area contributed by atoms with E-state index in [2.05, 4.69) is 5.32 Å². The number of morpholine rings is 1. The molecule has 1 aliphatic rings. The first kappa shape index (κ1) is 12.9. The summed E-state index contributed by atoms with van der Waals surface area (Å²) in [6, 6.07) is -0.0643. The van der Waals surface area contributed by atoms with E-state index in [-0.39, 0.29) is 18.5 Å². The van der Waals surface area contributed by atoms with Gasteiger partial charge < -0.3 is 20.7 Å². The maximum Gasteiger partial charge on any atom is 0.253 e. The number of rotatable bonds is 4. The molecule has 1 fully saturated rings. The van der Waals surface area contributed by atoms with E-state index in [9.17, 15) is 9.59 Å². The summed E-state index contributed by atoms with van der Waals surface area (Å²) in [4.78, 5) is 24.3. The van der Waals surface area contributed by atoms with Gasteiger partial charge in [0.2, 0.25) is 5.91 Å². The number of amides is 2. The highest BCUT2D eigenvalue weighted by molar-refractivity contribution is 5.86. The highest BCUT2D eigenvalue weighted by Crippen LogP contribution is 2.06. The largest absolute Gasteiger partial charge is 0.368 e. The molecule has 0 aliphatic carbocycles. The van der Waals surface area contributed by atoms with Crippen molar-refractivity contribution < 1.29 is 14.3 Å². The fourth-order valence-corrected chi connectivity index (χ4v) is 1.59. The molecule has 0 aromatic rings. The van der Waals surface area contributed by atoms with Crippen LogP contribution in [-0.2, 0) is 14.3 Å². The van der Waals surface area contributed by atoms with Crippen LogP contribution in [0.25, 0.3) is 0 Å². The zero-order valence-electron chi connectivity index (χ0n) is 9.73. The van der Waals surface area contributed by atoms with Crippen molar-refractivity contribution in [3.63, 3.8) is 0 Å². The van der Waals surface area contributed by atoms with Gasteiger partial charge >= 0.3 is 0 Å². The monoisotopic (exact) mass is 229 g/mol. The molecule has 1 atom stereocenters. The van der Waals surface area contributed by atoms with Crippen LogP contribution in [0.4, 0.5) is 0 Å². The van der Waals surface area contributed by atoms with Crippen molar-refractivity contribution >= 4 is 11.8 Å². The summed E-state index contributed by atoms with van der Waals surface area (Å²) in [5.41, 5.74) is 5.11. The summed E-state index contributed by atoms with van der Waals surface area (Å²) < 4.78 is 5.35. The fraction of sp³-hybridized carbons (Fsp3) is 0.800. The van der Waals surface area contributed by atoms with E-state index in [1.807, 2.05) is 13.8 Å². The minimum atomic E-state index is -0.509. The summed E-state index contributed by atoms with van der Waals surface area (Å²) in [6.07, 6.45) is -0.504.